The van der Waals surface area contributed by atoms with Gasteiger partial charge in [-0.1, -0.05) is 60.1 Å². The molecule has 3 aromatic carbocycles. The number of para-hydroxylation sites is 1. The Labute approximate surface area is 162 Å². The predicted octanol–water partition coefficient (Wildman–Crippen LogP) is 5.51. The zero-order valence-electron chi connectivity index (χ0n) is 14.5. The molecule has 0 radical (unpaired) electrons. The molecule has 5 rings (SSSR count). The highest BCUT2D eigenvalue weighted by atomic mass is 35.5. The topological polar surface area (TPSA) is 49.3 Å². The first-order valence-corrected chi connectivity index (χ1v) is 9.47. The van der Waals surface area contributed by atoms with Gasteiger partial charge in [-0.05, 0) is 52.8 Å². The molecule has 1 heterocycles. The number of aromatic carboxylic acids is 1. The van der Waals surface area contributed by atoms with E-state index in [0.29, 0.717) is 16.5 Å². The molecule has 0 bridgehead atoms. The lowest BCUT2D eigenvalue weighted by Gasteiger charge is -2.38. The van der Waals surface area contributed by atoms with Crippen LogP contribution in [0.5, 0.6) is 0 Å². The lowest BCUT2D eigenvalue weighted by Crippen LogP contribution is -2.31. The van der Waals surface area contributed by atoms with Gasteiger partial charge in [-0.3, -0.25) is 0 Å². The largest absolute Gasteiger partial charge is 0.478 e. The molecule has 0 amide bonds. The summed E-state index contributed by atoms with van der Waals surface area (Å²) in [6.45, 7) is 0. The van der Waals surface area contributed by atoms with E-state index in [9.17, 15) is 9.90 Å². The third-order valence-electron chi connectivity index (χ3n) is 5.89. The number of anilines is 1. The summed E-state index contributed by atoms with van der Waals surface area (Å²) < 4.78 is 0. The second-order valence-corrected chi connectivity index (χ2v) is 7.73. The minimum atomic E-state index is -0.904. The van der Waals surface area contributed by atoms with Crippen LogP contribution in [0.4, 0.5) is 5.69 Å². The number of hydrogen-bond acceptors (Lipinski definition) is 2. The molecule has 0 aromatic heterocycles. The highest BCUT2D eigenvalue weighted by molar-refractivity contribution is 6.30. The SMILES string of the molecule is O=C(O)c1cccc2c1N[C@H](c1ccc(Cl)cc1)[C@@H]1Cc3ccccc3[C@@H]21. The fourth-order valence-electron chi connectivity index (χ4n) is 4.77. The summed E-state index contributed by atoms with van der Waals surface area (Å²) in [5, 5.41) is 14.0. The van der Waals surface area contributed by atoms with Crippen molar-refractivity contribution in [3.63, 3.8) is 0 Å². The number of carboxylic acid groups (broad SMARTS) is 1. The molecular weight excluding hydrogens is 358 g/mol. The summed E-state index contributed by atoms with van der Waals surface area (Å²) in [6.07, 6.45) is 0.970. The Morgan fingerprint density at radius 1 is 0.963 bits per heavy atom. The van der Waals surface area contributed by atoms with Crippen LogP contribution in [0.3, 0.4) is 0 Å². The second-order valence-electron chi connectivity index (χ2n) is 7.29. The van der Waals surface area contributed by atoms with Crippen molar-refractivity contribution in [2.75, 3.05) is 5.32 Å². The number of hydrogen-bond donors (Lipinski definition) is 2. The van der Waals surface area contributed by atoms with Gasteiger partial charge in [0.1, 0.15) is 0 Å². The number of nitrogens with one attached hydrogen (secondary N) is 1. The summed E-state index contributed by atoms with van der Waals surface area (Å²) in [6, 6.07) is 22.0. The average Bonchev–Trinajstić information content (AvgIpc) is 3.07. The van der Waals surface area contributed by atoms with Crippen LogP contribution in [0.1, 0.15) is 44.6 Å². The Morgan fingerprint density at radius 3 is 2.48 bits per heavy atom. The van der Waals surface area contributed by atoms with Crippen LogP contribution in [-0.2, 0) is 6.42 Å². The minimum Gasteiger partial charge on any atom is -0.478 e. The third kappa shape index (κ3) is 2.54. The molecule has 3 atom stereocenters. The molecule has 0 saturated heterocycles. The Hall–Kier alpha value is -2.78. The van der Waals surface area contributed by atoms with Gasteiger partial charge in [0.2, 0.25) is 0 Å². The molecular formula is C23H18ClNO2. The third-order valence-corrected chi connectivity index (χ3v) is 6.15. The molecule has 27 heavy (non-hydrogen) atoms. The van der Waals surface area contributed by atoms with Crippen molar-refractivity contribution in [3.05, 3.63) is 99.6 Å². The standard InChI is InChI=1S/C23H18ClNO2/c24-15-10-8-13(9-11-15)21-19-12-14-4-1-2-5-16(14)20(19)17-6-3-7-18(23(26)27)22(17)25-21/h1-11,19-21,25H,12H2,(H,26,27)/t19-,20+,21-/m1/s1. The molecule has 0 unspecified atom stereocenters. The molecule has 3 nitrogen and oxygen atoms in total. The van der Waals surface area contributed by atoms with Crippen molar-refractivity contribution >= 4 is 23.3 Å². The lowest BCUT2D eigenvalue weighted by atomic mass is 9.75. The number of fused-ring (bicyclic) bond motifs is 5. The van der Waals surface area contributed by atoms with E-state index in [2.05, 4.69) is 35.6 Å². The van der Waals surface area contributed by atoms with E-state index in [1.54, 1.807) is 6.07 Å². The number of rotatable bonds is 2. The Kier molecular flexibility index (Phi) is 3.73. The molecule has 3 aromatic rings. The van der Waals surface area contributed by atoms with E-state index in [0.717, 1.165) is 23.2 Å². The summed E-state index contributed by atoms with van der Waals surface area (Å²) in [5.41, 5.74) is 5.94. The molecule has 134 valence electrons. The van der Waals surface area contributed by atoms with Crippen molar-refractivity contribution in [2.24, 2.45) is 5.92 Å². The van der Waals surface area contributed by atoms with E-state index in [1.165, 1.54) is 11.1 Å². The van der Waals surface area contributed by atoms with Crippen molar-refractivity contribution in [2.45, 2.75) is 18.4 Å². The molecule has 1 aliphatic heterocycles. The number of benzene rings is 3. The first kappa shape index (κ1) is 16.4. The number of carboxylic acids is 1. The molecule has 4 heteroatoms. The zero-order valence-corrected chi connectivity index (χ0v) is 15.3. The molecule has 0 saturated carbocycles. The minimum absolute atomic E-state index is 0.0349. The fourth-order valence-corrected chi connectivity index (χ4v) is 4.89. The van der Waals surface area contributed by atoms with Crippen LogP contribution in [0.15, 0.2) is 66.7 Å². The first-order valence-electron chi connectivity index (χ1n) is 9.09. The highest BCUT2D eigenvalue weighted by Crippen LogP contribution is 2.54. The van der Waals surface area contributed by atoms with Gasteiger partial charge in [0.25, 0.3) is 0 Å². The summed E-state index contributed by atoms with van der Waals surface area (Å²) >= 11 is 6.08. The van der Waals surface area contributed by atoms with E-state index < -0.39 is 5.97 Å². The van der Waals surface area contributed by atoms with Crippen molar-refractivity contribution in [3.8, 4) is 0 Å². The van der Waals surface area contributed by atoms with Crippen molar-refractivity contribution in [1.29, 1.82) is 0 Å². The molecule has 1 aliphatic carbocycles. The van der Waals surface area contributed by atoms with Gasteiger partial charge >= 0.3 is 5.97 Å². The Morgan fingerprint density at radius 2 is 1.70 bits per heavy atom. The van der Waals surface area contributed by atoms with Crippen LogP contribution in [-0.4, -0.2) is 11.1 Å². The van der Waals surface area contributed by atoms with Gasteiger partial charge in [-0.2, -0.15) is 0 Å². The van der Waals surface area contributed by atoms with Gasteiger partial charge in [0.05, 0.1) is 17.3 Å². The first-order chi connectivity index (χ1) is 13.1. The maximum atomic E-state index is 11.8. The van der Waals surface area contributed by atoms with Crippen LogP contribution >= 0.6 is 11.6 Å². The van der Waals surface area contributed by atoms with E-state index in [4.69, 9.17) is 11.6 Å². The molecule has 2 N–H and O–H groups in total. The molecule has 0 spiro atoms. The van der Waals surface area contributed by atoms with Crippen LogP contribution in [0, 0.1) is 5.92 Å². The summed E-state index contributed by atoms with van der Waals surface area (Å²) in [7, 11) is 0. The monoisotopic (exact) mass is 375 g/mol. The van der Waals surface area contributed by atoms with Crippen LogP contribution in [0.2, 0.25) is 5.02 Å². The van der Waals surface area contributed by atoms with Gasteiger partial charge < -0.3 is 10.4 Å². The van der Waals surface area contributed by atoms with Crippen LogP contribution < -0.4 is 5.32 Å². The van der Waals surface area contributed by atoms with Gasteiger partial charge in [-0.15, -0.1) is 0 Å². The molecule has 0 fully saturated rings. The lowest BCUT2D eigenvalue weighted by molar-refractivity contribution is 0.0697. The smallest absolute Gasteiger partial charge is 0.337 e. The average molecular weight is 376 g/mol. The van der Waals surface area contributed by atoms with E-state index >= 15 is 0 Å². The fraction of sp³-hybridized carbons (Fsp3) is 0.174. The van der Waals surface area contributed by atoms with E-state index in [-0.39, 0.29) is 12.0 Å². The van der Waals surface area contributed by atoms with Crippen molar-refractivity contribution < 1.29 is 9.90 Å². The number of halogens is 1. The van der Waals surface area contributed by atoms with Gasteiger partial charge in [0.15, 0.2) is 0 Å². The van der Waals surface area contributed by atoms with E-state index in [1.807, 2.05) is 30.3 Å². The predicted molar refractivity (Wildman–Crippen MR) is 107 cm³/mol. The summed E-state index contributed by atoms with van der Waals surface area (Å²) in [5.74, 6) is -0.378. The normalized spacial score (nSPS) is 22.3. The highest BCUT2D eigenvalue weighted by Gasteiger charge is 2.44. The Bertz CT molecular complexity index is 1040. The maximum Gasteiger partial charge on any atom is 0.337 e. The van der Waals surface area contributed by atoms with Gasteiger partial charge in [0, 0.05) is 10.9 Å². The second kappa shape index (κ2) is 6.14. The zero-order chi connectivity index (χ0) is 18.5. The molecule has 2 aliphatic rings. The Balaban J connectivity index is 1.72. The van der Waals surface area contributed by atoms with Crippen LogP contribution in [0.25, 0.3) is 0 Å². The van der Waals surface area contributed by atoms with Crippen molar-refractivity contribution in [1.82, 2.24) is 0 Å². The quantitative estimate of drug-likeness (QED) is 0.621. The van der Waals surface area contributed by atoms with Gasteiger partial charge in [-0.25, -0.2) is 4.79 Å². The summed E-state index contributed by atoms with van der Waals surface area (Å²) in [4.78, 5) is 11.8. The maximum absolute atomic E-state index is 11.8. The number of carbonyl (C=O) groups is 1.